The number of thiophene rings is 1. The average molecular weight is 295 g/mol. The van der Waals surface area contributed by atoms with Gasteiger partial charge in [0.15, 0.2) is 0 Å². The molecule has 0 aromatic carbocycles. The van der Waals surface area contributed by atoms with Crippen LogP contribution in [0.2, 0.25) is 0 Å². The van der Waals surface area contributed by atoms with Gasteiger partial charge in [-0.1, -0.05) is 6.07 Å². The Labute approximate surface area is 123 Å². The SMILES string of the molecule is CCO[C@H]1COC2(CCN(C(=O)c3cccs3)CC2)C1. The van der Waals surface area contributed by atoms with Crippen LogP contribution < -0.4 is 0 Å². The number of ether oxygens (including phenoxy) is 2. The van der Waals surface area contributed by atoms with Gasteiger partial charge in [-0.25, -0.2) is 0 Å². The van der Waals surface area contributed by atoms with Gasteiger partial charge in [-0.3, -0.25) is 4.79 Å². The van der Waals surface area contributed by atoms with Crippen molar-refractivity contribution in [3.8, 4) is 0 Å². The van der Waals surface area contributed by atoms with Gasteiger partial charge in [0.05, 0.1) is 23.2 Å². The summed E-state index contributed by atoms with van der Waals surface area (Å²) in [7, 11) is 0. The first-order valence-corrected chi connectivity index (χ1v) is 8.19. The van der Waals surface area contributed by atoms with Crippen LogP contribution in [0.15, 0.2) is 17.5 Å². The molecule has 20 heavy (non-hydrogen) atoms. The standard InChI is InChI=1S/C15H21NO3S/c1-2-18-12-10-15(19-11-12)5-7-16(8-6-15)14(17)13-4-3-9-20-13/h3-4,9,12H,2,5-8,10-11H2,1H3/t12-/m1/s1. The maximum atomic E-state index is 12.3. The average Bonchev–Trinajstić information content (AvgIpc) is 3.10. The highest BCUT2D eigenvalue weighted by Crippen LogP contribution is 2.37. The summed E-state index contributed by atoms with van der Waals surface area (Å²) in [5, 5.41) is 1.95. The normalized spacial score (nSPS) is 25.2. The molecule has 1 amide bonds. The predicted octanol–water partition coefficient (Wildman–Crippen LogP) is 2.55. The van der Waals surface area contributed by atoms with Crippen LogP contribution in [0, 0.1) is 0 Å². The van der Waals surface area contributed by atoms with E-state index in [-0.39, 0.29) is 17.6 Å². The van der Waals surface area contributed by atoms with Gasteiger partial charge < -0.3 is 14.4 Å². The summed E-state index contributed by atoms with van der Waals surface area (Å²) < 4.78 is 11.7. The first kappa shape index (κ1) is 14.0. The molecule has 1 aromatic rings. The lowest BCUT2D eigenvalue weighted by molar-refractivity contribution is -0.0406. The third-order valence-electron chi connectivity index (χ3n) is 4.27. The Bertz CT molecular complexity index is 452. The Morgan fingerprint density at radius 3 is 3.00 bits per heavy atom. The molecule has 2 saturated heterocycles. The van der Waals surface area contributed by atoms with Crippen molar-refractivity contribution >= 4 is 17.2 Å². The minimum Gasteiger partial charge on any atom is -0.376 e. The van der Waals surface area contributed by atoms with E-state index in [1.807, 2.05) is 29.3 Å². The van der Waals surface area contributed by atoms with Crippen molar-refractivity contribution in [1.82, 2.24) is 4.90 Å². The fraction of sp³-hybridized carbons (Fsp3) is 0.667. The summed E-state index contributed by atoms with van der Waals surface area (Å²) in [4.78, 5) is 15.1. The fourth-order valence-corrected chi connectivity index (χ4v) is 3.86. The maximum Gasteiger partial charge on any atom is 0.263 e. The molecule has 110 valence electrons. The molecular formula is C15H21NO3S. The van der Waals surface area contributed by atoms with Crippen molar-refractivity contribution in [1.29, 1.82) is 0 Å². The number of rotatable bonds is 3. The number of likely N-dealkylation sites (tertiary alicyclic amines) is 1. The van der Waals surface area contributed by atoms with Gasteiger partial charge in [0.25, 0.3) is 5.91 Å². The number of hydrogen-bond donors (Lipinski definition) is 0. The van der Waals surface area contributed by atoms with Crippen molar-refractivity contribution in [2.75, 3.05) is 26.3 Å². The Morgan fingerprint density at radius 2 is 2.35 bits per heavy atom. The summed E-state index contributed by atoms with van der Waals surface area (Å²) in [6.07, 6.45) is 3.06. The lowest BCUT2D eigenvalue weighted by Crippen LogP contribution is -2.46. The van der Waals surface area contributed by atoms with Gasteiger partial charge in [0, 0.05) is 26.1 Å². The number of carbonyl (C=O) groups excluding carboxylic acids is 1. The number of carbonyl (C=O) groups is 1. The Hall–Kier alpha value is -0.910. The lowest BCUT2D eigenvalue weighted by atomic mass is 9.88. The van der Waals surface area contributed by atoms with Gasteiger partial charge in [-0.05, 0) is 31.2 Å². The van der Waals surface area contributed by atoms with E-state index in [9.17, 15) is 4.79 Å². The van der Waals surface area contributed by atoms with E-state index in [0.717, 1.165) is 43.8 Å². The second-order valence-electron chi connectivity index (χ2n) is 5.54. The summed E-state index contributed by atoms with van der Waals surface area (Å²) in [5.41, 5.74) is -0.0495. The topological polar surface area (TPSA) is 38.8 Å². The summed E-state index contributed by atoms with van der Waals surface area (Å²) >= 11 is 1.51. The fourth-order valence-electron chi connectivity index (χ4n) is 3.17. The molecule has 5 heteroatoms. The molecule has 0 saturated carbocycles. The molecule has 2 fully saturated rings. The van der Waals surface area contributed by atoms with Gasteiger partial charge in [-0.15, -0.1) is 11.3 Å². The Balaban J connectivity index is 1.56. The highest BCUT2D eigenvalue weighted by Gasteiger charge is 2.43. The van der Waals surface area contributed by atoms with Crippen molar-refractivity contribution in [3.63, 3.8) is 0 Å². The van der Waals surface area contributed by atoms with Gasteiger partial charge >= 0.3 is 0 Å². The van der Waals surface area contributed by atoms with Crippen molar-refractivity contribution in [3.05, 3.63) is 22.4 Å². The van der Waals surface area contributed by atoms with E-state index in [4.69, 9.17) is 9.47 Å². The van der Waals surface area contributed by atoms with Crippen molar-refractivity contribution in [2.24, 2.45) is 0 Å². The zero-order valence-corrected chi connectivity index (χ0v) is 12.7. The highest BCUT2D eigenvalue weighted by atomic mass is 32.1. The Kier molecular flexibility index (Phi) is 4.10. The minimum absolute atomic E-state index is 0.0495. The molecule has 0 bridgehead atoms. The highest BCUT2D eigenvalue weighted by molar-refractivity contribution is 7.12. The number of amides is 1. The molecule has 2 aliphatic heterocycles. The van der Waals surface area contributed by atoms with E-state index in [2.05, 4.69) is 0 Å². The van der Waals surface area contributed by atoms with Crippen molar-refractivity contribution in [2.45, 2.75) is 37.9 Å². The van der Waals surface area contributed by atoms with E-state index >= 15 is 0 Å². The molecule has 3 rings (SSSR count). The molecule has 0 radical (unpaired) electrons. The van der Waals surface area contributed by atoms with Crippen LogP contribution >= 0.6 is 11.3 Å². The smallest absolute Gasteiger partial charge is 0.263 e. The molecular weight excluding hydrogens is 274 g/mol. The largest absolute Gasteiger partial charge is 0.376 e. The molecule has 4 nitrogen and oxygen atoms in total. The van der Waals surface area contributed by atoms with E-state index in [1.165, 1.54) is 11.3 Å². The van der Waals surface area contributed by atoms with Gasteiger partial charge in [-0.2, -0.15) is 0 Å². The van der Waals surface area contributed by atoms with E-state index < -0.39 is 0 Å². The molecule has 1 aromatic heterocycles. The zero-order chi connectivity index (χ0) is 14.0. The second-order valence-corrected chi connectivity index (χ2v) is 6.49. The van der Waals surface area contributed by atoms with Crippen LogP contribution in [0.5, 0.6) is 0 Å². The number of piperidine rings is 1. The lowest BCUT2D eigenvalue weighted by Gasteiger charge is -2.38. The zero-order valence-electron chi connectivity index (χ0n) is 11.8. The third kappa shape index (κ3) is 2.75. The second kappa shape index (κ2) is 5.84. The molecule has 1 spiro atoms. The van der Waals surface area contributed by atoms with Crippen LogP contribution in [0.25, 0.3) is 0 Å². The monoisotopic (exact) mass is 295 g/mol. The van der Waals surface area contributed by atoms with Crippen molar-refractivity contribution < 1.29 is 14.3 Å². The predicted molar refractivity (Wildman–Crippen MR) is 78.2 cm³/mol. The van der Waals surface area contributed by atoms with Crippen LogP contribution in [-0.2, 0) is 9.47 Å². The van der Waals surface area contributed by atoms with Crippen LogP contribution in [0.4, 0.5) is 0 Å². The summed E-state index contributed by atoms with van der Waals surface area (Å²) in [5.74, 6) is 0.161. The molecule has 0 N–H and O–H groups in total. The van der Waals surface area contributed by atoms with Crippen LogP contribution in [0.3, 0.4) is 0 Å². The minimum atomic E-state index is -0.0495. The van der Waals surface area contributed by atoms with E-state index in [0.29, 0.717) is 6.61 Å². The molecule has 3 heterocycles. The molecule has 1 atom stereocenters. The van der Waals surface area contributed by atoms with E-state index in [1.54, 1.807) is 0 Å². The number of nitrogens with zero attached hydrogens (tertiary/aromatic N) is 1. The molecule has 2 aliphatic rings. The van der Waals surface area contributed by atoms with Crippen LogP contribution in [-0.4, -0.2) is 48.8 Å². The molecule has 0 unspecified atom stereocenters. The van der Waals surface area contributed by atoms with Gasteiger partial charge in [0.2, 0.25) is 0 Å². The first-order valence-electron chi connectivity index (χ1n) is 7.31. The van der Waals surface area contributed by atoms with Crippen LogP contribution in [0.1, 0.15) is 35.9 Å². The summed E-state index contributed by atoms with van der Waals surface area (Å²) in [6, 6.07) is 3.82. The quantitative estimate of drug-likeness (QED) is 0.860. The maximum absolute atomic E-state index is 12.3. The Morgan fingerprint density at radius 1 is 1.55 bits per heavy atom. The van der Waals surface area contributed by atoms with Gasteiger partial charge in [0.1, 0.15) is 0 Å². The summed E-state index contributed by atoms with van der Waals surface area (Å²) in [6.45, 7) is 5.04. The first-order chi connectivity index (χ1) is 9.72. The number of hydrogen-bond acceptors (Lipinski definition) is 4. The third-order valence-corrected chi connectivity index (χ3v) is 5.13. The molecule has 0 aliphatic carbocycles.